The molecule has 3 aromatic rings. The second kappa shape index (κ2) is 9.53. The molecule has 0 radical (unpaired) electrons. The molecule has 0 bridgehead atoms. The van der Waals surface area contributed by atoms with E-state index in [1.165, 1.54) is 6.07 Å². The van der Waals surface area contributed by atoms with Gasteiger partial charge in [0.15, 0.2) is 0 Å². The van der Waals surface area contributed by atoms with E-state index in [4.69, 9.17) is 11.6 Å². The summed E-state index contributed by atoms with van der Waals surface area (Å²) in [6, 6.07) is 17.1. The van der Waals surface area contributed by atoms with Gasteiger partial charge in [-0.2, -0.15) is 13.2 Å². The Morgan fingerprint density at radius 1 is 0.871 bits per heavy atom. The number of carbonyl (C=O) groups excluding carboxylic acids is 2. The number of nitrogens with one attached hydrogen (secondary N) is 3. The number of halogens is 4. The smallest absolute Gasteiger partial charge is 0.334 e. The highest BCUT2D eigenvalue weighted by atomic mass is 35.5. The van der Waals surface area contributed by atoms with Crippen molar-refractivity contribution >= 4 is 34.9 Å². The molecular formula is C22H17ClF3N3O2. The second-order valence-corrected chi connectivity index (χ2v) is 6.95. The van der Waals surface area contributed by atoms with Crippen molar-refractivity contribution < 1.29 is 22.8 Å². The maximum Gasteiger partial charge on any atom is 0.418 e. The first-order valence-electron chi connectivity index (χ1n) is 9.09. The fraction of sp³-hybridized carbons (Fsp3) is 0.0909. The Morgan fingerprint density at radius 2 is 1.61 bits per heavy atom. The third-order valence-corrected chi connectivity index (χ3v) is 4.44. The lowest BCUT2D eigenvalue weighted by Gasteiger charge is -2.16. The van der Waals surface area contributed by atoms with Gasteiger partial charge in [-0.15, -0.1) is 0 Å². The van der Waals surface area contributed by atoms with Gasteiger partial charge in [0, 0.05) is 22.8 Å². The van der Waals surface area contributed by atoms with Crippen LogP contribution in [0.5, 0.6) is 0 Å². The van der Waals surface area contributed by atoms with Gasteiger partial charge in [-0.1, -0.05) is 41.9 Å². The molecule has 0 unspecified atom stereocenters. The second-order valence-electron chi connectivity index (χ2n) is 6.52. The molecule has 31 heavy (non-hydrogen) atoms. The molecule has 3 aromatic carbocycles. The summed E-state index contributed by atoms with van der Waals surface area (Å²) in [7, 11) is 0. The molecule has 0 aliphatic heterocycles. The zero-order valence-electron chi connectivity index (χ0n) is 16.0. The Balaban J connectivity index is 1.72. The van der Waals surface area contributed by atoms with Crippen molar-refractivity contribution in [3.05, 3.63) is 94.5 Å². The van der Waals surface area contributed by atoms with Gasteiger partial charge in [0.05, 0.1) is 11.3 Å². The lowest BCUT2D eigenvalue weighted by molar-refractivity contribution is -0.136. The third-order valence-electron chi connectivity index (χ3n) is 4.21. The Hall–Kier alpha value is -3.52. The van der Waals surface area contributed by atoms with Crippen LogP contribution in [0.3, 0.4) is 0 Å². The molecule has 0 aliphatic carbocycles. The molecule has 0 saturated carbocycles. The maximum absolute atomic E-state index is 13.5. The quantitative estimate of drug-likeness (QED) is 0.453. The van der Waals surface area contributed by atoms with E-state index in [-0.39, 0.29) is 12.2 Å². The largest absolute Gasteiger partial charge is 0.418 e. The number of benzene rings is 3. The van der Waals surface area contributed by atoms with Crippen LogP contribution < -0.4 is 16.0 Å². The van der Waals surface area contributed by atoms with E-state index in [1.54, 1.807) is 54.6 Å². The number of urea groups is 1. The van der Waals surface area contributed by atoms with E-state index in [1.807, 2.05) is 0 Å². The number of hydrogen-bond donors (Lipinski definition) is 3. The first-order valence-corrected chi connectivity index (χ1v) is 9.47. The van der Waals surface area contributed by atoms with Gasteiger partial charge < -0.3 is 16.0 Å². The summed E-state index contributed by atoms with van der Waals surface area (Å²) in [5.74, 6) is -0.548. The monoisotopic (exact) mass is 447 g/mol. The lowest BCUT2D eigenvalue weighted by atomic mass is 10.1. The van der Waals surface area contributed by atoms with Crippen molar-refractivity contribution in [2.45, 2.75) is 12.7 Å². The van der Waals surface area contributed by atoms with Gasteiger partial charge in [-0.3, -0.25) is 4.79 Å². The minimum Gasteiger partial charge on any atom is -0.334 e. The standard InChI is InChI=1S/C22H17ClF3N3O2/c23-16-8-4-5-14(11-16)13-27-21(31)29-19-10-9-17(12-18(19)22(24,25)26)28-20(30)15-6-2-1-3-7-15/h1-12H,13H2,(H,28,30)(H2,27,29,31). The molecule has 0 fully saturated rings. The van der Waals surface area contributed by atoms with Crippen LogP contribution in [0.15, 0.2) is 72.8 Å². The average Bonchev–Trinajstić information content (AvgIpc) is 2.73. The van der Waals surface area contributed by atoms with E-state index in [9.17, 15) is 22.8 Å². The number of rotatable bonds is 5. The van der Waals surface area contributed by atoms with Gasteiger partial charge in [-0.25, -0.2) is 4.79 Å². The molecule has 3 N–H and O–H groups in total. The minimum absolute atomic E-state index is 0.0499. The van der Waals surface area contributed by atoms with Crippen LogP contribution in [0.1, 0.15) is 21.5 Å². The van der Waals surface area contributed by atoms with Crippen LogP contribution in [-0.2, 0) is 12.7 Å². The van der Waals surface area contributed by atoms with Crippen LogP contribution in [0.2, 0.25) is 5.02 Å². The summed E-state index contributed by atoms with van der Waals surface area (Å²) in [6.45, 7) is 0.0823. The van der Waals surface area contributed by atoms with Crippen LogP contribution in [0.4, 0.5) is 29.3 Å². The average molecular weight is 448 g/mol. The molecule has 0 aromatic heterocycles. The summed E-state index contributed by atoms with van der Waals surface area (Å²) in [6.07, 6.45) is -4.75. The molecule has 5 nitrogen and oxygen atoms in total. The molecule has 3 rings (SSSR count). The van der Waals surface area contributed by atoms with Crippen LogP contribution in [-0.4, -0.2) is 11.9 Å². The number of amides is 3. The molecule has 0 saturated heterocycles. The highest BCUT2D eigenvalue weighted by Crippen LogP contribution is 2.36. The normalized spacial score (nSPS) is 11.0. The predicted octanol–water partition coefficient (Wildman–Crippen LogP) is 5.93. The summed E-state index contributed by atoms with van der Waals surface area (Å²) in [5.41, 5.74) is -0.576. The molecule has 3 amide bonds. The Morgan fingerprint density at radius 3 is 2.29 bits per heavy atom. The highest BCUT2D eigenvalue weighted by molar-refractivity contribution is 6.30. The van der Waals surface area contributed by atoms with E-state index in [2.05, 4.69) is 16.0 Å². The summed E-state index contributed by atoms with van der Waals surface area (Å²) in [4.78, 5) is 24.3. The first-order chi connectivity index (χ1) is 14.7. The molecule has 0 atom stereocenters. The number of alkyl halides is 3. The van der Waals surface area contributed by atoms with E-state index in [0.29, 0.717) is 16.1 Å². The SMILES string of the molecule is O=C(NCc1cccc(Cl)c1)Nc1ccc(NC(=O)c2ccccc2)cc1C(F)(F)F. The van der Waals surface area contributed by atoms with E-state index < -0.39 is 29.4 Å². The van der Waals surface area contributed by atoms with Gasteiger partial charge >= 0.3 is 12.2 Å². The van der Waals surface area contributed by atoms with Crippen LogP contribution >= 0.6 is 11.6 Å². The lowest BCUT2D eigenvalue weighted by Crippen LogP contribution is -2.29. The predicted molar refractivity (Wildman–Crippen MR) is 113 cm³/mol. The van der Waals surface area contributed by atoms with Crippen LogP contribution in [0.25, 0.3) is 0 Å². The van der Waals surface area contributed by atoms with Crippen molar-refractivity contribution in [3.63, 3.8) is 0 Å². The van der Waals surface area contributed by atoms with Crippen molar-refractivity contribution in [2.75, 3.05) is 10.6 Å². The summed E-state index contributed by atoms with van der Waals surface area (Å²) in [5, 5.41) is 7.58. The summed E-state index contributed by atoms with van der Waals surface area (Å²) < 4.78 is 40.6. The molecule has 0 aliphatic rings. The van der Waals surface area contributed by atoms with Gasteiger partial charge in [-0.05, 0) is 48.0 Å². The number of carbonyl (C=O) groups is 2. The highest BCUT2D eigenvalue weighted by Gasteiger charge is 2.34. The zero-order chi connectivity index (χ0) is 22.4. The van der Waals surface area contributed by atoms with Gasteiger partial charge in [0.1, 0.15) is 0 Å². The molecule has 0 spiro atoms. The minimum atomic E-state index is -4.75. The van der Waals surface area contributed by atoms with Gasteiger partial charge in [0.25, 0.3) is 5.91 Å². The van der Waals surface area contributed by atoms with Gasteiger partial charge in [0.2, 0.25) is 0 Å². The number of hydrogen-bond acceptors (Lipinski definition) is 2. The van der Waals surface area contributed by atoms with Crippen molar-refractivity contribution in [2.24, 2.45) is 0 Å². The molecule has 160 valence electrons. The van der Waals surface area contributed by atoms with E-state index >= 15 is 0 Å². The van der Waals surface area contributed by atoms with Crippen molar-refractivity contribution in [1.29, 1.82) is 0 Å². The Kier molecular flexibility index (Phi) is 6.81. The molecule has 9 heteroatoms. The van der Waals surface area contributed by atoms with E-state index in [0.717, 1.165) is 12.1 Å². The van der Waals surface area contributed by atoms with Crippen LogP contribution in [0, 0.1) is 0 Å². The Labute approximate surface area is 181 Å². The third kappa shape index (κ3) is 6.23. The fourth-order valence-electron chi connectivity index (χ4n) is 2.75. The Bertz CT molecular complexity index is 1090. The van der Waals surface area contributed by atoms with Crippen molar-refractivity contribution in [3.8, 4) is 0 Å². The fourth-order valence-corrected chi connectivity index (χ4v) is 2.97. The maximum atomic E-state index is 13.5. The van der Waals surface area contributed by atoms with Crippen molar-refractivity contribution in [1.82, 2.24) is 5.32 Å². The summed E-state index contributed by atoms with van der Waals surface area (Å²) >= 11 is 5.87. The zero-order valence-corrected chi connectivity index (χ0v) is 16.7. The molecule has 0 heterocycles. The molecular weight excluding hydrogens is 431 g/mol. The number of anilines is 2. The first kappa shape index (κ1) is 22.2. The topological polar surface area (TPSA) is 70.2 Å².